The fourth-order valence-electron chi connectivity index (χ4n) is 2.32. The summed E-state index contributed by atoms with van der Waals surface area (Å²) in [5.74, 6) is -0.299. The van der Waals surface area contributed by atoms with Gasteiger partial charge < -0.3 is 4.42 Å². The van der Waals surface area contributed by atoms with Crippen LogP contribution in [0.2, 0.25) is 0 Å². The molecule has 0 aliphatic rings. The van der Waals surface area contributed by atoms with Gasteiger partial charge in [0.1, 0.15) is 0 Å². The molecule has 3 nitrogen and oxygen atoms in total. The Morgan fingerprint density at radius 1 is 1.32 bits per heavy atom. The fourth-order valence-corrected chi connectivity index (χ4v) is 2.61. The first-order chi connectivity index (χ1) is 9.17. The van der Waals surface area contributed by atoms with E-state index in [1.165, 1.54) is 12.8 Å². The molecule has 0 fully saturated rings. The molecule has 4 heteroatoms. The van der Waals surface area contributed by atoms with Gasteiger partial charge in [-0.25, -0.2) is 4.79 Å². The van der Waals surface area contributed by atoms with Gasteiger partial charge in [-0.1, -0.05) is 32.3 Å². The summed E-state index contributed by atoms with van der Waals surface area (Å²) in [7, 11) is 0. The van der Waals surface area contributed by atoms with Gasteiger partial charge in [0.05, 0.1) is 10.9 Å². The second-order valence-electron chi connectivity index (χ2n) is 4.80. The highest BCUT2D eigenvalue weighted by atomic mass is 35.5. The lowest BCUT2D eigenvalue weighted by atomic mass is 10.1. The molecule has 2 aromatic rings. The summed E-state index contributed by atoms with van der Waals surface area (Å²) in [4.78, 5) is 11.6. The number of oxazole rings is 1. The molecular weight excluding hydrogens is 262 g/mol. The zero-order valence-corrected chi connectivity index (χ0v) is 12.2. The number of rotatable bonds is 6. The van der Waals surface area contributed by atoms with Crippen LogP contribution in [0.15, 0.2) is 27.4 Å². The number of benzene rings is 1. The lowest BCUT2D eigenvalue weighted by Gasteiger charge is -2.09. The predicted molar refractivity (Wildman–Crippen MR) is 78.9 cm³/mol. The number of hydrogen-bond donors (Lipinski definition) is 0. The van der Waals surface area contributed by atoms with Crippen molar-refractivity contribution in [3.63, 3.8) is 0 Å². The maximum Gasteiger partial charge on any atom is 0.419 e. The van der Waals surface area contributed by atoms with Gasteiger partial charge in [0.25, 0.3) is 0 Å². The average molecular weight is 282 g/mol. The van der Waals surface area contributed by atoms with Crippen LogP contribution >= 0.6 is 11.6 Å². The normalized spacial score (nSPS) is 13.0. The highest BCUT2D eigenvalue weighted by molar-refractivity contribution is 6.20. The number of hydrogen-bond acceptors (Lipinski definition) is 2. The summed E-state index contributed by atoms with van der Waals surface area (Å²) in [6.07, 6.45) is 4.48. The van der Waals surface area contributed by atoms with E-state index in [9.17, 15) is 4.79 Å². The van der Waals surface area contributed by atoms with Crippen LogP contribution < -0.4 is 5.76 Å². The van der Waals surface area contributed by atoms with Crippen LogP contribution in [0.25, 0.3) is 11.1 Å². The molecule has 0 saturated carbocycles. The summed E-state index contributed by atoms with van der Waals surface area (Å²) < 4.78 is 6.88. The Morgan fingerprint density at radius 2 is 2.11 bits per heavy atom. The van der Waals surface area contributed by atoms with Crippen molar-refractivity contribution in [1.29, 1.82) is 0 Å². The van der Waals surface area contributed by atoms with Crippen LogP contribution in [0, 0.1) is 0 Å². The van der Waals surface area contributed by atoms with E-state index in [0.29, 0.717) is 12.1 Å². The van der Waals surface area contributed by atoms with Crippen LogP contribution in [0.1, 0.15) is 50.5 Å². The SMILES string of the molecule is CCCCCC(Cl)c1ccc2c(c1)oc(=O)n2CC. The van der Waals surface area contributed by atoms with Crippen molar-refractivity contribution in [3.05, 3.63) is 34.3 Å². The number of unbranched alkanes of at least 4 members (excludes halogenated alkanes) is 2. The first-order valence-electron chi connectivity index (χ1n) is 6.94. The van der Waals surface area contributed by atoms with Crippen LogP contribution in [0.5, 0.6) is 0 Å². The monoisotopic (exact) mass is 281 g/mol. The lowest BCUT2D eigenvalue weighted by molar-refractivity contribution is 0.513. The van der Waals surface area contributed by atoms with Crippen LogP contribution in [0.4, 0.5) is 0 Å². The molecule has 0 aliphatic heterocycles. The van der Waals surface area contributed by atoms with Crippen LogP contribution in [-0.4, -0.2) is 4.57 Å². The quantitative estimate of drug-likeness (QED) is 0.578. The van der Waals surface area contributed by atoms with E-state index in [0.717, 1.165) is 23.9 Å². The molecule has 0 amide bonds. The van der Waals surface area contributed by atoms with Crippen molar-refractivity contribution in [2.24, 2.45) is 0 Å². The number of fused-ring (bicyclic) bond motifs is 1. The third-order valence-electron chi connectivity index (χ3n) is 3.43. The minimum absolute atomic E-state index is 0.00812. The summed E-state index contributed by atoms with van der Waals surface area (Å²) in [5, 5.41) is -0.00812. The fraction of sp³-hybridized carbons (Fsp3) is 0.533. The molecule has 104 valence electrons. The van der Waals surface area contributed by atoms with Gasteiger partial charge in [0.15, 0.2) is 5.58 Å². The standard InChI is InChI=1S/C15H20ClNO2/c1-3-5-6-7-12(16)11-8-9-13-14(10-11)19-15(18)17(13)4-2/h8-10,12H,3-7H2,1-2H3. The van der Waals surface area contributed by atoms with E-state index in [-0.39, 0.29) is 11.1 Å². The van der Waals surface area contributed by atoms with Gasteiger partial charge in [0.2, 0.25) is 0 Å². The highest BCUT2D eigenvalue weighted by Crippen LogP contribution is 2.28. The summed E-state index contributed by atoms with van der Waals surface area (Å²) in [6, 6.07) is 5.81. The molecule has 1 aromatic heterocycles. The number of alkyl halides is 1. The topological polar surface area (TPSA) is 35.1 Å². The van der Waals surface area contributed by atoms with Crippen LogP contribution in [0.3, 0.4) is 0 Å². The van der Waals surface area contributed by atoms with Gasteiger partial charge in [-0.05, 0) is 31.0 Å². The third-order valence-corrected chi connectivity index (χ3v) is 3.90. The Bertz CT molecular complexity index is 600. The first-order valence-corrected chi connectivity index (χ1v) is 7.38. The Morgan fingerprint density at radius 3 is 2.79 bits per heavy atom. The predicted octanol–water partition coefficient (Wildman–Crippen LogP) is 4.47. The minimum Gasteiger partial charge on any atom is -0.408 e. The molecule has 0 saturated heterocycles. The molecule has 2 rings (SSSR count). The molecule has 1 heterocycles. The Balaban J connectivity index is 2.24. The van der Waals surface area contributed by atoms with Crippen molar-refractivity contribution in [3.8, 4) is 0 Å². The van der Waals surface area contributed by atoms with Gasteiger partial charge >= 0.3 is 5.76 Å². The average Bonchev–Trinajstić information content (AvgIpc) is 2.73. The zero-order valence-electron chi connectivity index (χ0n) is 11.5. The summed E-state index contributed by atoms with van der Waals surface area (Å²) in [5.41, 5.74) is 2.50. The zero-order chi connectivity index (χ0) is 13.8. The van der Waals surface area contributed by atoms with Crippen molar-refractivity contribution in [2.45, 2.75) is 51.5 Å². The van der Waals surface area contributed by atoms with E-state index in [2.05, 4.69) is 6.92 Å². The molecule has 1 atom stereocenters. The van der Waals surface area contributed by atoms with Crippen molar-refractivity contribution in [1.82, 2.24) is 4.57 Å². The van der Waals surface area contributed by atoms with Gasteiger partial charge in [-0.2, -0.15) is 0 Å². The largest absolute Gasteiger partial charge is 0.419 e. The number of nitrogens with zero attached hydrogens (tertiary/aromatic N) is 1. The minimum atomic E-state index is -0.299. The molecule has 0 N–H and O–H groups in total. The third kappa shape index (κ3) is 3.03. The molecule has 1 aromatic carbocycles. The van der Waals surface area contributed by atoms with Gasteiger partial charge in [-0.3, -0.25) is 4.57 Å². The van der Waals surface area contributed by atoms with E-state index in [1.807, 2.05) is 25.1 Å². The van der Waals surface area contributed by atoms with E-state index < -0.39 is 0 Å². The van der Waals surface area contributed by atoms with E-state index in [1.54, 1.807) is 4.57 Å². The first kappa shape index (κ1) is 14.2. The van der Waals surface area contributed by atoms with Gasteiger partial charge in [0, 0.05) is 6.54 Å². The second-order valence-corrected chi connectivity index (χ2v) is 5.33. The molecule has 0 bridgehead atoms. The molecule has 0 radical (unpaired) electrons. The molecule has 0 aliphatic carbocycles. The Hall–Kier alpha value is -1.22. The highest BCUT2D eigenvalue weighted by Gasteiger charge is 2.12. The van der Waals surface area contributed by atoms with Crippen molar-refractivity contribution in [2.75, 3.05) is 0 Å². The summed E-state index contributed by atoms with van der Waals surface area (Å²) >= 11 is 6.40. The van der Waals surface area contributed by atoms with Gasteiger partial charge in [-0.15, -0.1) is 11.6 Å². The molecule has 1 unspecified atom stereocenters. The number of halogens is 1. The number of aryl methyl sites for hydroxylation is 1. The lowest BCUT2D eigenvalue weighted by Crippen LogP contribution is -2.11. The molecule has 19 heavy (non-hydrogen) atoms. The Labute approximate surface area is 118 Å². The summed E-state index contributed by atoms with van der Waals surface area (Å²) in [6.45, 7) is 4.72. The molecular formula is C15H20ClNO2. The van der Waals surface area contributed by atoms with E-state index >= 15 is 0 Å². The van der Waals surface area contributed by atoms with Crippen LogP contribution in [-0.2, 0) is 6.54 Å². The second kappa shape index (κ2) is 6.29. The number of aromatic nitrogens is 1. The Kier molecular flexibility index (Phi) is 4.70. The van der Waals surface area contributed by atoms with Crippen molar-refractivity contribution >= 4 is 22.7 Å². The maximum absolute atomic E-state index is 11.6. The smallest absolute Gasteiger partial charge is 0.408 e. The van der Waals surface area contributed by atoms with E-state index in [4.69, 9.17) is 16.0 Å². The molecule has 0 spiro atoms. The van der Waals surface area contributed by atoms with Crippen molar-refractivity contribution < 1.29 is 4.42 Å². The maximum atomic E-state index is 11.6.